The number of carbonyl (C=O) groups is 1. The van der Waals surface area contributed by atoms with E-state index in [-0.39, 0.29) is 18.7 Å². The summed E-state index contributed by atoms with van der Waals surface area (Å²) in [5.74, 6) is -1.83. The lowest BCUT2D eigenvalue weighted by molar-refractivity contribution is -0.195. The first-order valence-electron chi connectivity index (χ1n) is 8.46. The number of phenolic OH excluding ortho intramolecular Hbond substituents is 1. The van der Waals surface area contributed by atoms with Crippen LogP contribution < -0.4 is 5.48 Å². The maximum Gasteiger partial charge on any atom is 0.471 e. The highest BCUT2D eigenvalue weighted by Crippen LogP contribution is 2.57. The van der Waals surface area contributed by atoms with Gasteiger partial charge in [-0.3, -0.25) is 15.1 Å². The summed E-state index contributed by atoms with van der Waals surface area (Å²) >= 11 is 0. The fraction of sp³-hybridized carbons (Fsp3) is 0.611. The lowest BCUT2D eigenvalue weighted by Crippen LogP contribution is -2.66. The van der Waals surface area contributed by atoms with Gasteiger partial charge in [0.2, 0.25) is 0 Å². The topological polar surface area (TPSA) is 61.8 Å². The number of anilines is 1. The fourth-order valence-electron chi connectivity index (χ4n) is 4.55. The Morgan fingerprint density at radius 1 is 1.35 bits per heavy atom. The molecule has 0 saturated carbocycles. The monoisotopic (exact) mass is 372 g/mol. The number of nitrogens with one attached hydrogen (secondary N) is 1. The molecule has 2 aliphatic rings. The zero-order chi connectivity index (χ0) is 19.5. The molecule has 8 heteroatoms. The Balaban J connectivity index is 2.11. The molecule has 1 aromatic carbocycles. The zero-order valence-corrected chi connectivity index (χ0v) is 15.2. The van der Waals surface area contributed by atoms with Crippen molar-refractivity contribution < 1.29 is 27.9 Å². The van der Waals surface area contributed by atoms with Crippen LogP contribution in [0.15, 0.2) is 12.1 Å². The molecular formula is C18H23F3N2O3. The average molecular weight is 372 g/mol. The third-order valence-corrected chi connectivity index (χ3v) is 6.43. The van der Waals surface area contributed by atoms with E-state index in [9.17, 15) is 23.1 Å². The second-order valence-corrected chi connectivity index (χ2v) is 7.85. The molecule has 2 bridgehead atoms. The third kappa shape index (κ3) is 2.53. The van der Waals surface area contributed by atoms with Gasteiger partial charge in [-0.2, -0.15) is 13.2 Å². The van der Waals surface area contributed by atoms with Gasteiger partial charge in [-0.1, -0.05) is 20.8 Å². The minimum atomic E-state index is -4.89. The second kappa shape index (κ2) is 5.77. The molecule has 2 N–H and O–H groups in total. The minimum absolute atomic E-state index is 0.0410. The summed E-state index contributed by atoms with van der Waals surface area (Å²) in [5, 5.41) is 10.2. The Hall–Kier alpha value is -1.96. The summed E-state index contributed by atoms with van der Waals surface area (Å²) in [4.78, 5) is 17.8. The van der Waals surface area contributed by atoms with E-state index in [1.807, 2.05) is 20.8 Å². The highest BCUT2D eigenvalue weighted by Gasteiger charge is 2.59. The predicted octanol–water partition coefficient (Wildman–Crippen LogP) is 3.37. The van der Waals surface area contributed by atoms with E-state index in [0.29, 0.717) is 12.1 Å². The number of nitrogens with zero attached hydrogens (tertiary/aromatic N) is 1. The average Bonchev–Trinajstić information content (AvgIpc) is 2.51. The number of alkyl halides is 3. The van der Waals surface area contributed by atoms with Crippen molar-refractivity contribution >= 4 is 11.6 Å². The molecule has 1 aliphatic heterocycles. The van der Waals surface area contributed by atoms with Gasteiger partial charge in [-0.15, -0.1) is 0 Å². The molecule has 1 fully saturated rings. The van der Waals surface area contributed by atoms with E-state index in [2.05, 4.69) is 5.48 Å². The van der Waals surface area contributed by atoms with E-state index in [0.717, 1.165) is 16.0 Å². The van der Waals surface area contributed by atoms with E-state index in [4.69, 9.17) is 4.84 Å². The first-order valence-corrected chi connectivity index (χ1v) is 8.46. The number of halogens is 3. The van der Waals surface area contributed by atoms with Crippen LogP contribution in [0.1, 0.15) is 38.3 Å². The standard InChI is InChI=1S/C18H23F3N2O3/c1-16(2)14-8-10-7-13(24)12(22-26-4)9-11(10)17(16,3)5-6-23(14)15(25)18(19,20)21/h7,9,14,22,24H,5-6,8H2,1-4H3/t14-,17?/m1/s1. The van der Waals surface area contributed by atoms with Crippen molar-refractivity contribution in [1.82, 2.24) is 4.90 Å². The summed E-state index contributed by atoms with van der Waals surface area (Å²) in [7, 11) is 1.43. The van der Waals surface area contributed by atoms with Gasteiger partial charge in [0.15, 0.2) is 0 Å². The van der Waals surface area contributed by atoms with Gasteiger partial charge < -0.3 is 10.0 Å². The largest absolute Gasteiger partial charge is 0.506 e. The molecule has 0 radical (unpaired) electrons. The number of hydrogen-bond donors (Lipinski definition) is 2. The molecule has 3 rings (SSSR count). The molecule has 1 unspecified atom stereocenters. The normalized spacial score (nSPS) is 27.0. The van der Waals surface area contributed by atoms with Crippen LogP contribution in [0.5, 0.6) is 5.75 Å². The van der Waals surface area contributed by atoms with Crippen molar-refractivity contribution in [3.05, 3.63) is 23.3 Å². The summed E-state index contributed by atoms with van der Waals surface area (Å²) in [6, 6.07) is 2.76. The highest BCUT2D eigenvalue weighted by molar-refractivity contribution is 5.82. The van der Waals surface area contributed by atoms with Gasteiger partial charge >= 0.3 is 12.1 Å². The van der Waals surface area contributed by atoms with Crippen LogP contribution in [0.25, 0.3) is 0 Å². The maximum absolute atomic E-state index is 13.1. The van der Waals surface area contributed by atoms with E-state index in [1.165, 1.54) is 7.11 Å². The molecule has 1 aliphatic carbocycles. The predicted molar refractivity (Wildman–Crippen MR) is 89.7 cm³/mol. The summed E-state index contributed by atoms with van der Waals surface area (Å²) in [6.07, 6.45) is -4.22. The Bertz CT molecular complexity index is 748. The van der Waals surface area contributed by atoms with Gasteiger partial charge in [0.05, 0.1) is 7.11 Å². The van der Waals surface area contributed by atoms with Crippen LogP contribution in [-0.4, -0.2) is 41.8 Å². The van der Waals surface area contributed by atoms with Gasteiger partial charge in [0, 0.05) is 18.0 Å². The molecule has 5 nitrogen and oxygen atoms in total. The molecule has 0 spiro atoms. The minimum Gasteiger partial charge on any atom is -0.506 e. The van der Waals surface area contributed by atoms with Crippen LogP contribution >= 0.6 is 0 Å². The van der Waals surface area contributed by atoms with Crippen molar-refractivity contribution in [3.63, 3.8) is 0 Å². The van der Waals surface area contributed by atoms with Crippen molar-refractivity contribution in [2.24, 2.45) is 5.41 Å². The third-order valence-electron chi connectivity index (χ3n) is 6.43. The van der Waals surface area contributed by atoms with Crippen molar-refractivity contribution in [1.29, 1.82) is 0 Å². The Morgan fingerprint density at radius 3 is 2.58 bits per heavy atom. The quantitative estimate of drug-likeness (QED) is 0.617. The number of piperidine rings is 1. The van der Waals surface area contributed by atoms with Crippen molar-refractivity contribution in [2.75, 3.05) is 19.1 Å². The number of benzene rings is 1. The van der Waals surface area contributed by atoms with E-state index < -0.39 is 29.0 Å². The van der Waals surface area contributed by atoms with Crippen LogP contribution in [-0.2, 0) is 21.5 Å². The number of amides is 1. The molecule has 1 saturated heterocycles. The molecule has 1 heterocycles. The Morgan fingerprint density at radius 2 is 2.00 bits per heavy atom. The number of carbonyl (C=O) groups excluding carboxylic acids is 1. The molecule has 1 amide bonds. The second-order valence-electron chi connectivity index (χ2n) is 7.85. The van der Waals surface area contributed by atoms with Crippen LogP contribution in [0.4, 0.5) is 18.9 Å². The number of phenols is 1. The number of aromatic hydroxyl groups is 1. The number of likely N-dealkylation sites (tertiary alicyclic amines) is 1. The van der Waals surface area contributed by atoms with E-state index in [1.54, 1.807) is 12.1 Å². The summed E-state index contributed by atoms with van der Waals surface area (Å²) < 4.78 is 39.2. The first kappa shape index (κ1) is 18.8. The van der Waals surface area contributed by atoms with E-state index >= 15 is 0 Å². The van der Waals surface area contributed by atoms with Gasteiger partial charge in [0.1, 0.15) is 11.4 Å². The molecule has 26 heavy (non-hydrogen) atoms. The number of hydrogen-bond acceptors (Lipinski definition) is 4. The SMILES string of the molecule is CONc1cc2c(cc1O)C[C@H]1N(C(=O)C(F)(F)F)CCC2(C)C1(C)C. The molecule has 2 atom stereocenters. The summed E-state index contributed by atoms with van der Waals surface area (Å²) in [5.41, 5.74) is 3.76. The van der Waals surface area contributed by atoms with Crippen molar-refractivity contribution in [3.8, 4) is 5.75 Å². The lowest BCUT2D eigenvalue weighted by atomic mass is 9.51. The van der Waals surface area contributed by atoms with Crippen LogP contribution in [0, 0.1) is 5.41 Å². The van der Waals surface area contributed by atoms with Gasteiger partial charge in [-0.25, -0.2) is 0 Å². The first-order chi connectivity index (χ1) is 11.9. The van der Waals surface area contributed by atoms with Crippen LogP contribution in [0.2, 0.25) is 0 Å². The maximum atomic E-state index is 13.1. The highest BCUT2D eigenvalue weighted by atomic mass is 19.4. The van der Waals surface area contributed by atoms with Crippen molar-refractivity contribution in [2.45, 2.75) is 51.2 Å². The smallest absolute Gasteiger partial charge is 0.471 e. The lowest BCUT2D eigenvalue weighted by Gasteiger charge is -2.60. The van der Waals surface area contributed by atoms with Gasteiger partial charge in [-0.05, 0) is 41.5 Å². The molecule has 0 aromatic heterocycles. The molecule has 1 aromatic rings. The Kier molecular flexibility index (Phi) is 4.18. The van der Waals surface area contributed by atoms with Gasteiger partial charge in [0.25, 0.3) is 0 Å². The molecule has 144 valence electrons. The molecular weight excluding hydrogens is 349 g/mol. The van der Waals surface area contributed by atoms with Crippen LogP contribution in [0.3, 0.4) is 0 Å². The number of rotatable bonds is 2. The summed E-state index contributed by atoms with van der Waals surface area (Å²) in [6.45, 7) is 5.89. The Labute approximate surface area is 150 Å². The fourth-order valence-corrected chi connectivity index (χ4v) is 4.55. The number of fused-ring (bicyclic) bond motifs is 4. The zero-order valence-electron chi connectivity index (χ0n) is 15.2.